The molecule has 1 aromatic heterocycles. The van der Waals surface area contributed by atoms with Gasteiger partial charge in [0.15, 0.2) is 0 Å². The second kappa shape index (κ2) is 6.58. The van der Waals surface area contributed by atoms with Crippen molar-refractivity contribution in [1.29, 1.82) is 0 Å². The number of likely N-dealkylation sites (tertiary alicyclic amines) is 1. The van der Waals surface area contributed by atoms with Crippen molar-refractivity contribution in [2.24, 2.45) is 0 Å². The van der Waals surface area contributed by atoms with Gasteiger partial charge >= 0.3 is 0 Å². The van der Waals surface area contributed by atoms with Crippen LogP contribution in [0.25, 0.3) is 10.1 Å². The van der Waals surface area contributed by atoms with Crippen LogP contribution in [-0.2, 0) is 0 Å². The maximum absolute atomic E-state index is 12.3. The number of thiophene rings is 1. The Morgan fingerprint density at radius 1 is 1.29 bits per heavy atom. The predicted molar refractivity (Wildman–Crippen MR) is 89.0 cm³/mol. The molecule has 1 atom stereocenters. The van der Waals surface area contributed by atoms with Crippen LogP contribution in [0.3, 0.4) is 0 Å². The minimum absolute atomic E-state index is 0.0556. The van der Waals surface area contributed by atoms with Crippen LogP contribution in [0, 0.1) is 0 Å². The average molecular weight is 302 g/mol. The molecular formula is C17H22N2OS. The van der Waals surface area contributed by atoms with Crippen LogP contribution in [0.15, 0.2) is 30.3 Å². The van der Waals surface area contributed by atoms with Gasteiger partial charge in [-0.3, -0.25) is 9.69 Å². The first-order chi connectivity index (χ1) is 10.2. The van der Waals surface area contributed by atoms with Gasteiger partial charge in [0.25, 0.3) is 5.91 Å². The number of benzene rings is 1. The molecule has 1 amide bonds. The highest BCUT2D eigenvalue weighted by molar-refractivity contribution is 7.20. The first-order valence-electron chi connectivity index (χ1n) is 7.75. The molecule has 112 valence electrons. The zero-order valence-electron chi connectivity index (χ0n) is 12.5. The fourth-order valence-electron chi connectivity index (χ4n) is 2.91. The third-order valence-corrected chi connectivity index (χ3v) is 5.34. The Hall–Kier alpha value is -1.39. The third kappa shape index (κ3) is 3.44. The lowest BCUT2D eigenvalue weighted by Gasteiger charge is -2.32. The van der Waals surface area contributed by atoms with Crippen LogP contribution >= 0.6 is 11.3 Å². The summed E-state index contributed by atoms with van der Waals surface area (Å²) in [5.74, 6) is 0.0556. The van der Waals surface area contributed by atoms with Gasteiger partial charge in [0, 0.05) is 17.3 Å². The van der Waals surface area contributed by atoms with E-state index in [0.29, 0.717) is 6.04 Å². The van der Waals surface area contributed by atoms with Crippen molar-refractivity contribution < 1.29 is 4.79 Å². The van der Waals surface area contributed by atoms with E-state index in [1.807, 2.05) is 18.2 Å². The molecule has 1 saturated heterocycles. The molecule has 3 rings (SSSR count). The van der Waals surface area contributed by atoms with Crippen LogP contribution < -0.4 is 5.32 Å². The van der Waals surface area contributed by atoms with Gasteiger partial charge in [0.05, 0.1) is 4.88 Å². The molecule has 2 aromatic rings. The van der Waals surface area contributed by atoms with Crippen LogP contribution in [0.4, 0.5) is 0 Å². The molecule has 1 aliphatic rings. The molecule has 4 heteroatoms. The topological polar surface area (TPSA) is 32.3 Å². The number of nitrogens with one attached hydrogen (secondary N) is 1. The van der Waals surface area contributed by atoms with Gasteiger partial charge in [-0.05, 0) is 50.4 Å². The smallest absolute Gasteiger partial charge is 0.261 e. The van der Waals surface area contributed by atoms with Gasteiger partial charge in [-0.15, -0.1) is 11.3 Å². The SMILES string of the molecule is C[C@@H](CNC(=O)c1cc2ccccc2s1)N1CCCCC1. The normalized spacial score (nSPS) is 17.8. The van der Waals surface area contributed by atoms with Crippen molar-refractivity contribution in [3.05, 3.63) is 35.2 Å². The quantitative estimate of drug-likeness (QED) is 0.937. The van der Waals surface area contributed by atoms with Gasteiger partial charge in [-0.2, -0.15) is 0 Å². The van der Waals surface area contributed by atoms with Crippen LogP contribution in [-0.4, -0.2) is 36.5 Å². The molecule has 2 heterocycles. The van der Waals surface area contributed by atoms with E-state index in [2.05, 4.69) is 29.3 Å². The van der Waals surface area contributed by atoms with Crippen molar-refractivity contribution in [2.45, 2.75) is 32.2 Å². The largest absolute Gasteiger partial charge is 0.350 e. The second-order valence-corrected chi connectivity index (χ2v) is 6.89. The number of rotatable bonds is 4. The van der Waals surface area contributed by atoms with E-state index in [0.717, 1.165) is 16.8 Å². The average Bonchev–Trinajstić information content (AvgIpc) is 2.97. The lowest BCUT2D eigenvalue weighted by Crippen LogP contribution is -2.44. The number of carbonyl (C=O) groups is 1. The monoisotopic (exact) mass is 302 g/mol. The van der Waals surface area contributed by atoms with E-state index >= 15 is 0 Å². The molecule has 21 heavy (non-hydrogen) atoms. The van der Waals surface area contributed by atoms with Crippen LogP contribution in [0.1, 0.15) is 35.9 Å². The highest BCUT2D eigenvalue weighted by Crippen LogP contribution is 2.25. The minimum Gasteiger partial charge on any atom is -0.350 e. The first-order valence-corrected chi connectivity index (χ1v) is 8.56. The van der Waals surface area contributed by atoms with E-state index in [1.54, 1.807) is 11.3 Å². The predicted octanol–water partition coefficient (Wildman–Crippen LogP) is 3.51. The summed E-state index contributed by atoms with van der Waals surface area (Å²) in [5.41, 5.74) is 0. The Kier molecular flexibility index (Phi) is 4.56. The first kappa shape index (κ1) is 14.5. The maximum Gasteiger partial charge on any atom is 0.261 e. The Bertz CT molecular complexity index is 583. The fraction of sp³-hybridized carbons (Fsp3) is 0.471. The van der Waals surface area contributed by atoms with E-state index in [4.69, 9.17) is 0 Å². The maximum atomic E-state index is 12.3. The summed E-state index contributed by atoms with van der Waals surface area (Å²) in [6.45, 7) is 5.27. The molecule has 0 spiro atoms. The molecule has 0 radical (unpaired) electrons. The number of amides is 1. The van der Waals surface area contributed by atoms with Gasteiger partial charge in [-0.25, -0.2) is 0 Å². The Morgan fingerprint density at radius 3 is 2.81 bits per heavy atom. The molecule has 0 bridgehead atoms. The van der Waals surface area contributed by atoms with Gasteiger partial charge in [0.1, 0.15) is 0 Å². The summed E-state index contributed by atoms with van der Waals surface area (Å²) in [7, 11) is 0. The lowest BCUT2D eigenvalue weighted by molar-refractivity contribution is 0.0934. The van der Waals surface area contributed by atoms with E-state index in [9.17, 15) is 4.79 Å². The number of hydrogen-bond donors (Lipinski definition) is 1. The Labute approximate surface area is 130 Å². The molecule has 1 aliphatic heterocycles. The summed E-state index contributed by atoms with van der Waals surface area (Å²) in [6.07, 6.45) is 3.92. The van der Waals surface area contributed by atoms with Crippen LogP contribution in [0.5, 0.6) is 0 Å². The molecule has 0 saturated carbocycles. The molecule has 1 N–H and O–H groups in total. The fourth-order valence-corrected chi connectivity index (χ4v) is 3.89. The van der Waals surface area contributed by atoms with Crippen molar-refractivity contribution in [1.82, 2.24) is 10.2 Å². The number of hydrogen-bond acceptors (Lipinski definition) is 3. The molecule has 1 fully saturated rings. The summed E-state index contributed by atoms with van der Waals surface area (Å²) in [5, 5.41) is 4.24. The Morgan fingerprint density at radius 2 is 2.05 bits per heavy atom. The summed E-state index contributed by atoms with van der Waals surface area (Å²) < 4.78 is 1.17. The second-order valence-electron chi connectivity index (χ2n) is 5.80. The Balaban J connectivity index is 1.58. The van der Waals surface area contributed by atoms with Crippen molar-refractivity contribution >= 4 is 27.3 Å². The minimum atomic E-state index is 0.0556. The third-order valence-electron chi connectivity index (χ3n) is 4.22. The summed E-state index contributed by atoms with van der Waals surface area (Å²) in [4.78, 5) is 15.6. The standard InChI is InChI=1S/C17H22N2OS/c1-13(19-9-5-2-6-10-19)12-18-17(20)16-11-14-7-3-4-8-15(14)21-16/h3-4,7-8,11,13H,2,5-6,9-10,12H2,1H3,(H,18,20)/t13-/m0/s1. The number of fused-ring (bicyclic) bond motifs is 1. The van der Waals surface area contributed by atoms with Gasteiger partial charge in [-0.1, -0.05) is 24.6 Å². The summed E-state index contributed by atoms with van der Waals surface area (Å²) >= 11 is 1.57. The highest BCUT2D eigenvalue weighted by Gasteiger charge is 2.18. The van der Waals surface area contributed by atoms with Crippen molar-refractivity contribution in [2.75, 3.05) is 19.6 Å². The molecule has 0 unspecified atom stereocenters. The molecule has 0 aliphatic carbocycles. The molecular weight excluding hydrogens is 280 g/mol. The van der Waals surface area contributed by atoms with Crippen LogP contribution in [0.2, 0.25) is 0 Å². The number of piperidine rings is 1. The highest BCUT2D eigenvalue weighted by atomic mass is 32.1. The zero-order valence-corrected chi connectivity index (χ0v) is 13.3. The zero-order chi connectivity index (χ0) is 14.7. The van der Waals surface area contributed by atoms with E-state index < -0.39 is 0 Å². The van der Waals surface area contributed by atoms with Gasteiger partial charge in [0.2, 0.25) is 0 Å². The van der Waals surface area contributed by atoms with Crippen molar-refractivity contribution in [3.63, 3.8) is 0 Å². The van der Waals surface area contributed by atoms with Gasteiger partial charge < -0.3 is 5.32 Å². The number of carbonyl (C=O) groups excluding carboxylic acids is 1. The van der Waals surface area contributed by atoms with E-state index in [1.165, 1.54) is 37.1 Å². The van der Waals surface area contributed by atoms with E-state index in [-0.39, 0.29) is 5.91 Å². The summed E-state index contributed by atoms with van der Waals surface area (Å²) in [6, 6.07) is 10.5. The number of nitrogens with zero attached hydrogens (tertiary/aromatic N) is 1. The molecule has 1 aromatic carbocycles. The lowest BCUT2D eigenvalue weighted by atomic mass is 10.1. The van der Waals surface area contributed by atoms with Crippen molar-refractivity contribution in [3.8, 4) is 0 Å². The molecule has 3 nitrogen and oxygen atoms in total.